The zero-order valence-electron chi connectivity index (χ0n) is 9.14. The number of halogens is 1. The molecule has 1 rings (SSSR count). The van der Waals surface area contributed by atoms with Gasteiger partial charge in [0.15, 0.2) is 6.04 Å². The number of ether oxygens (including phenoxy) is 1. The number of carbonyl (C=O) groups is 2. The fraction of sp³-hybridized carbons (Fsp3) is 0.273. The third kappa shape index (κ3) is 3.83. The van der Waals surface area contributed by atoms with Crippen LogP contribution >= 0.6 is 15.9 Å². The smallest absolute Gasteiger partial charge is 0.328 e. The van der Waals surface area contributed by atoms with Crippen LogP contribution in [0.4, 0.5) is 0 Å². The Morgan fingerprint density at radius 2 is 2.12 bits per heavy atom. The van der Waals surface area contributed by atoms with Gasteiger partial charge in [-0.25, -0.2) is 4.79 Å². The molecule has 0 bridgehead atoms. The van der Waals surface area contributed by atoms with Gasteiger partial charge in [0.05, 0.1) is 12.2 Å². The lowest BCUT2D eigenvalue weighted by Crippen LogP contribution is -2.43. The lowest BCUT2D eigenvalue weighted by molar-refractivity contribution is -0.140. The van der Waals surface area contributed by atoms with E-state index in [2.05, 4.69) is 21.2 Å². The van der Waals surface area contributed by atoms with Gasteiger partial charge in [0.25, 0.3) is 5.91 Å². The SMILES string of the molecule is COC[C@H](NC(=O)c1ccccc1Br)C(=O)O. The highest BCUT2D eigenvalue weighted by Gasteiger charge is 2.21. The number of rotatable bonds is 5. The van der Waals surface area contributed by atoms with Gasteiger partial charge in [-0.1, -0.05) is 12.1 Å². The Bertz CT molecular complexity index is 422. The standard InChI is InChI=1S/C11H12BrNO4/c1-17-6-9(11(15)16)13-10(14)7-4-2-3-5-8(7)12/h2-5,9H,6H2,1H3,(H,13,14)(H,15,16)/t9-/m0/s1. The lowest BCUT2D eigenvalue weighted by atomic mass is 10.2. The highest BCUT2D eigenvalue weighted by molar-refractivity contribution is 9.10. The van der Waals surface area contributed by atoms with Crippen LogP contribution in [0.2, 0.25) is 0 Å². The number of nitrogens with one attached hydrogen (secondary N) is 1. The summed E-state index contributed by atoms with van der Waals surface area (Å²) in [6.07, 6.45) is 0. The summed E-state index contributed by atoms with van der Waals surface area (Å²) in [6.45, 7) is -0.0779. The van der Waals surface area contributed by atoms with Crippen LogP contribution in [0.5, 0.6) is 0 Å². The highest BCUT2D eigenvalue weighted by Crippen LogP contribution is 2.15. The first-order chi connectivity index (χ1) is 8.06. The molecule has 0 aliphatic heterocycles. The van der Waals surface area contributed by atoms with E-state index in [1.54, 1.807) is 24.3 Å². The zero-order valence-corrected chi connectivity index (χ0v) is 10.7. The van der Waals surface area contributed by atoms with Crippen LogP contribution in [-0.4, -0.2) is 36.7 Å². The molecule has 6 heteroatoms. The van der Waals surface area contributed by atoms with E-state index in [0.29, 0.717) is 10.0 Å². The summed E-state index contributed by atoms with van der Waals surface area (Å²) in [6, 6.07) is 5.72. The summed E-state index contributed by atoms with van der Waals surface area (Å²) in [5, 5.41) is 11.2. The molecule has 0 radical (unpaired) electrons. The maximum absolute atomic E-state index is 11.8. The maximum atomic E-state index is 11.8. The Kier molecular flexibility index (Phi) is 5.11. The second-order valence-corrected chi connectivity index (χ2v) is 4.15. The van der Waals surface area contributed by atoms with Gasteiger partial charge >= 0.3 is 5.97 Å². The molecule has 0 unspecified atom stereocenters. The molecule has 0 aliphatic rings. The molecule has 0 fully saturated rings. The van der Waals surface area contributed by atoms with Gasteiger partial charge in [0, 0.05) is 11.6 Å². The normalized spacial score (nSPS) is 11.9. The number of benzene rings is 1. The molecule has 1 atom stereocenters. The summed E-state index contributed by atoms with van der Waals surface area (Å²) >= 11 is 3.22. The van der Waals surface area contributed by atoms with Gasteiger partial charge in [0.2, 0.25) is 0 Å². The molecule has 0 saturated heterocycles. The largest absolute Gasteiger partial charge is 0.480 e. The first kappa shape index (κ1) is 13.7. The van der Waals surface area contributed by atoms with E-state index >= 15 is 0 Å². The minimum absolute atomic E-state index is 0.0779. The van der Waals surface area contributed by atoms with Gasteiger partial charge in [-0.3, -0.25) is 4.79 Å². The number of carboxylic acid groups (broad SMARTS) is 1. The molecule has 92 valence electrons. The molecule has 1 aromatic rings. The first-order valence-electron chi connectivity index (χ1n) is 4.83. The van der Waals surface area contributed by atoms with Crippen molar-refractivity contribution in [2.45, 2.75) is 6.04 Å². The average Bonchev–Trinajstić information content (AvgIpc) is 2.28. The third-order valence-corrected chi connectivity index (χ3v) is 2.75. The molecule has 5 nitrogen and oxygen atoms in total. The molecule has 0 aromatic heterocycles. The fourth-order valence-corrected chi connectivity index (χ4v) is 1.69. The van der Waals surface area contributed by atoms with Gasteiger partial charge in [-0.15, -0.1) is 0 Å². The van der Waals surface area contributed by atoms with Gasteiger partial charge in [0.1, 0.15) is 0 Å². The summed E-state index contributed by atoms with van der Waals surface area (Å²) in [5.41, 5.74) is 0.384. The van der Waals surface area contributed by atoms with Crippen LogP contribution < -0.4 is 5.32 Å². The average molecular weight is 302 g/mol. The van der Waals surface area contributed by atoms with E-state index < -0.39 is 17.9 Å². The van der Waals surface area contributed by atoms with E-state index in [0.717, 1.165) is 0 Å². The second-order valence-electron chi connectivity index (χ2n) is 3.30. The monoisotopic (exact) mass is 301 g/mol. The van der Waals surface area contributed by atoms with Gasteiger partial charge in [-0.2, -0.15) is 0 Å². The topological polar surface area (TPSA) is 75.6 Å². The maximum Gasteiger partial charge on any atom is 0.328 e. The number of hydrogen-bond donors (Lipinski definition) is 2. The van der Waals surface area contributed by atoms with Crippen molar-refractivity contribution in [2.75, 3.05) is 13.7 Å². The molecule has 0 saturated carbocycles. The van der Waals surface area contributed by atoms with Gasteiger partial charge in [-0.05, 0) is 28.1 Å². The Morgan fingerprint density at radius 1 is 1.47 bits per heavy atom. The zero-order chi connectivity index (χ0) is 12.8. The first-order valence-corrected chi connectivity index (χ1v) is 5.62. The van der Waals surface area contributed by atoms with Crippen molar-refractivity contribution in [1.29, 1.82) is 0 Å². The fourth-order valence-electron chi connectivity index (χ4n) is 1.22. The molecular formula is C11H12BrNO4. The Morgan fingerprint density at radius 3 is 2.65 bits per heavy atom. The minimum atomic E-state index is -1.13. The predicted molar refractivity (Wildman–Crippen MR) is 64.9 cm³/mol. The van der Waals surface area contributed by atoms with E-state index in [9.17, 15) is 9.59 Å². The van der Waals surface area contributed by atoms with Crippen molar-refractivity contribution >= 4 is 27.8 Å². The summed E-state index contributed by atoms with van der Waals surface area (Å²) < 4.78 is 5.34. The van der Waals surface area contributed by atoms with Crippen molar-refractivity contribution < 1.29 is 19.4 Å². The summed E-state index contributed by atoms with van der Waals surface area (Å²) in [4.78, 5) is 22.6. The van der Waals surface area contributed by atoms with Crippen LogP contribution in [0, 0.1) is 0 Å². The molecule has 1 amide bonds. The third-order valence-electron chi connectivity index (χ3n) is 2.06. The number of hydrogen-bond acceptors (Lipinski definition) is 3. The van der Waals surface area contributed by atoms with E-state index in [-0.39, 0.29) is 6.61 Å². The lowest BCUT2D eigenvalue weighted by Gasteiger charge is -2.13. The van der Waals surface area contributed by atoms with E-state index in [1.165, 1.54) is 7.11 Å². The molecule has 1 aromatic carbocycles. The van der Waals surface area contributed by atoms with E-state index in [4.69, 9.17) is 9.84 Å². The van der Waals surface area contributed by atoms with Crippen LogP contribution in [-0.2, 0) is 9.53 Å². The molecule has 0 spiro atoms. The molecule has 0 heterocycles. The Balaban J connectivity index is 2.77. The Hall–Kier alpha value is -1.40. The quantitative estimate of drug-likeness (QED) is 0.859. The van der Waals surface area contributed by atoms with Crippen molar-refractivity contribution in [1.82, 2.24) is 5.32 Å². The van der Waals surface area contributed by atoms with Gasteiger partial charge < -0.3 is 15.2 Å². The Labute approximate surface area is 107 Å². The molecule has 0 aliphatic carbocycles. The molecule has 17 heavy (non-hydrogen) atoms. The number of methoxy groups -OCH3 is 1. The van der Waals surface area contributed by atoms with Crippen molar-refractivity contribution in [3.63, 3.8) is 0 Å². The number of amides is 1. The van der Waals surface area contributed by atoms with Crippen LogP contribution in [0.3, 0.4) is 0 Å². The summed E-state index contributed by atoms with van der Waals surface area (Å²) in [7, 11) is 1.38. The van der Waals surface area contributed by atoms with Crippen LogP contribution in [0.15, 0.2) is 28.7 Å². The van der Waals surface area contributed by atoms with Crippen molar-refractivity contribution in [2.24, 2.45) is 0 Å². The van der Waals surface area contributed by atoms with Crippen molar-refractivity contribution in [3.8, 4) is 0 Å². The minimum Gasteiger partial charge on any atom is -0.480 e. The number of aliphatic carboxylic acids is 1. The van der Waals surface area contributed by atoms with Crippen LogP contribution in [0.1, 0.15) is 10.4 Å². The van der Waals surface area contributed by atoms with Crippen molar-refractivity contribution in [3.05, 3.63) is 34.3 Å². The number of carboxylic acids is 1. The molecule has 2 N–H and O–H groups in total. The predicted octanol–water partition coefficient (Wildman–Crippen LogP) is 1.28. The highest BCUT2D eigenvalue weighted by atomic mass is 79.9. The summed E-state index contributed by atoms with van der Waals surface area (Å²) in [5.74, 6) is -1.59. The second kappa shape index (κ2) is 6.36. The number of carbonyl (C=O) groups excluding carboxylic acids is 1. The molecular weight excluding hydrogens is 290 g/mol. The van der Waals surface area contributed by atoms with E-state index in [1.807, 2.05) is 0 Å². The van der Waals surface area contributed by atoms with Crippen LogP contribution in [0.25, 0.3) is 0 Å².